The van der Waals surface area contributed by atoms with Crippen LogP contribution in [0.2, 0.25) is 0 Å². The van der Waals surface area contributed by atoms with Crippen LogP contribution in [0.25, 0.3) is 0 Å². The molecule has 0 amide bonds. The maximum atomic E-state index is 9.56. The fourth-order valence-corrected chi connectivity index (χ4v) is 3.80. The van der Waals surface area contributed by atoms with Gasteiger partial charge in [0.25, 0.3) is 0 Å². The van der Waals surface area contributed by atoms with E-state index in [2.05, 4.69) is 42.2 Å². The minimum absolute atomic E-state index is 0.268. The van der Waals surface area contributed by atoms with E-state index in [0.29, 0.717) is 12.1 Å². The molecular formula is C16H30N4. The first-order chi connectivity index (χ1) is 9.60. The molecule has 1 saturated carbocycles. The molecule has 114 valence electrons. The van der Waals surface area contributed by atoms with Gasteiger partial charge in [-0.3, -0.25) is 10.2 Å². The highest BCUT2D eigenvalue weighted by Crippen LogP contribution is 2.34. The highest BCUT2D eigenvalue weighted by molar-refractivity contribution is 5.13. The van der Waals surface area contributed by atoms with Crippen LogP contribution in [-0.2, 0) is 0 Å². The van der Waals surface area contributed by atoms with Crippen molar-refractivity contribution in [1.82, 2.24) is 15.1 Å². The summed E-state index contributed by atoms with van der Waals surface area (Å²) in [7, 11) is 4.48. The van der Waals surface area contributed by atoms with Crippen molar-refractivity contribution >= 4 is 0 Å². The van der Waals surface area contributed by atoms with Gasteiger partial charge in [0.1, 0.15) is 5.54 Å². The molecule has 4 heteroatoms. The summed E-state index contributed by atoms with van der Waals surface area (Å²) < 4.78 is 0. The second kappa shape index (κ2) is 6.89. The summed E-state index contributed by atoms with van der Waals surface area (Å²) in [5, 5.41) is 13.0. The van der Waals surface area contributed by atoms with Gasteiger partial charge in [0, 0.05) is 18.6 Å². The molecule has 4 nitrogen and oxygen atoms in total. The number of nitrogens with one attached hydrogen (secondary N) is 1. The molecule has 2 fully saturated rings. The molecular weight excluding hydrogens is 248 g/mol. The third-order valence-electron chi connectivity index (χ3n) is 5.17. The Balaban J connectivity index is 1.92. The number of nitriles is 1. The predicted octanol–water partition coefficient (Wildman–Crippen LogP) is 1.83. The summed E-state index contributed by atoms with van der Waals surface area (Å²) in [6.45, 7) is 5.52. The van der Waals surface area contributed by atoms with Crippen LogP contribution in [0.3, 0.4) is 0 Å². The monoisotopic (exact) mass is 278 g/mol. The molecule has 1 heterocycles. The van der Waals surface area contributed by atoms with E-state index in [-0.39, 0.29) is 5.54 Å². The summed E-state index contributed by atoms with van der Waals surface area (Å²) in [6, 6.07) is 3.79. The quantitative estimate of drug-likeness (QED) is 0.833. The lowest BCUT2D eigenvalue weighted by atomic mass is 9.98. The van der Waals surface area contributed by atoms with Gasteiger partial charge in [-0.05, 0) is 65.7 Å². The Labute approximate surface area is 124 Å². The summed E-state index contributed by atoms with van der Waals surface area (Å²) >= 11 is 0. The molecule has 3 atom stereocenters. The molecule has 2 rings (SSSR count). The third-order valence-corrected chi connectivity index (χ3v) is 5.17. The van der Waals surface area contributed by atoms with Crippen molar-refractivity contribution < 1.29 is 0 Å². The molecule has 1 aliphatic heterocycles. The van der Waals surface area contributed by atoms with Crippen molar-refractivity contribution in [3.8, 4) is 6.07 Å². The van der Waals surface area contributed by atoms with Gasteiger partial charge in [0.15, 0.2) is 0 Å². The van der Waals surface area contributed by atoms with Crippen LogP contribution in [-0.4, -0.2) is 61.2 Å². The third kappa shape index (κ3) is 3.52. The molecule has 0 aromatic heterocycles. The Morgan fingerprint density at radius 1 is 1.40 bits per heavy atom. The number of likely N-dealkylation sites (tertiary alicyclic amines) is 1. The normalized spacial score (nSPS) is 35.4. The van der Waals surface area contributed by atoms with Crippen molar-refractivity contribution in [3.63, 3.8) is 0 Å². The minimum atomic E-state index is -0.268. The van der Waals surface area contributed by atoms with E-state index < -0.39 is 0 Å². The molecule has 0 spiro atoms. The number of hydrogen-bond donors (Lipinski definition) is 1. The van der Waals surface area contributed by atoms with Gasteiger partial charge >= 0.3 is 0 Å². The fourth-order valence-electron chi connectivity index (χ4n) is 3.80. The van der Waals surface area contributed by atoms with E-state index in [0.717, 1.165) is 32.2 Å². The van der Waals surface area contributed by atoms with E-state index >= 15 is 0 Å². The van der Waals surface area contributed by atoms with Crippen molar-refractivity contribution in [2.45, 2.75) is 63.1 Å². The molecule has 1 saturated heterocycles. The van der Waals surface area contributed by atoms with E-state index in [1.165, 1.54) is 25.9 Å². The molecule has 0 bridgehead atoms. The summed E-state index contributed by atoms with van der Waals surface area (Å²) in [5.74, 6) is 0. The van der Waals surface area contributed by atoms with Gasteiger partial charge in [-0.15, -0.1) is 0 Å². The van der Waals surface area contributed by atoms with Crippen LogP contribution in [0.1, 0.15) is 45.4 Å². The van der Waals surface area contributed by atoms with Crippen LogP contribution in [0, 0.1) is 11.3 Å². The second-order valence-electron chi connectivity index (χ2n) is 6.74. The Kier molecular flexibility index (Phi) is 5.42. The zero-order chi connectivity index (χ0) is 14.6. The highest BCUT2D eigenvalue weighted by Gasteiger charge is 2.41. The minimum Gasteiger partial charge on any atom is -0.305 e. The van der Waals surface area contributed by atoms with Gasteiger partial charge in [0.2, 0.25) is 0 Å². The standard InChI is InChI=1S/C16H30N4/c1-4-9-18-16(13-17)8-7-14(11-16)20(3)15-6-5-10-19(2)12-15/h14-15,18H,4-12H2,1-3H3. The molecule has 0 aromatic carbocycles. The lowest BCUT2D eigenvalue weighted by molar-refractivity contribution is 0.0982. The van der Waals surface area contributed by atoms with Crippen molar-refractivity contribution in [2.75, 3.05) is 33.7 Å². The maximum Gasteiger partial charge on any atom is 0.108 e. The average Bonchev–Trinajstić information content (AvgIpc) is 2.89. The molecule has 0 aromatic rings. The lowest BCUT2D eigenvalue weighted by Gasteiger charge is -2.39. The maximum absolute atomic E-state index is 9.56. The summed E-state index contributed by atoms with van der Waals surface area (Å²) in [4.78, 5) is 4.99. The van der Waals surface area contributed by atoms with E-state index in [4.69, 9.17) is 0 Å². The van der Waals surface area contributed by atoms with Crippen LogP contribution in [0.15, 0.2) is 0 Å². The number of hydrogen-bond acceptors (Lipinski definition) is 4. The fraction of sp³-hybridized carbons (Fsp3) is 0.938. The molecule has 0 radical (unpaired) electrons. The van der Waals surface area contributed by atoms with E-state index in [9.17, 15) is 5.26 Å². The predicted molar refractivity (Wildman–Crippen MR) is 82.6 cm³/mol. The Morgan fingerprint density at radius 2 is 2.20 bits per heavy atom. The van der Waals surface area contributed by atoms with Crippen molar-refractivity contribution in [2.24, 2.45) is 0 Å². The molecule has 1 aliphatic carbocycles. The van der Waals surface area contributed by atoms with Crippen molar-refractivity contribution in [1.29, 1.82) is 5.26 Å². The first-order valence-corrected chi connectivity index (χ1v) is 8.17. The van der Waals surface area contributed by atoms with Crippen LogP contribution in [0.5, 0.6) is 0 Å². The smallest absolute Gasteiger partial charge is 0.108 e. The number of likely N-dealkylation sites (N-methyl/N-ethyl adjacent to an activating group) is 2. The van der Waals surface area contributed by atoms with Gasteiger partial charge < -0.3 is 4.90 Å². The number of rotatable bonds is 5. The average molecular weight is 278 g/mol. The van der Waals surface area contributed by atoms with Gasteiger partial charge in [-0.2, -0.15) is 5.26 Å². The number of piperidine rings is 1. The van der Waals surface area contributed by atoms with Crippen molar-refractivity contribution in [3.05, 3.63) is 0 Å². The van der Waals surface area contributed by atoms with Crippen LogP contribution < -0.4 is 5.32 Å². The van der Waals surface area contributed by atoms with Gasteiger partial charge in [0.05, 0.1) is 6.07 Å². The zero-order valence-corrected chi connectivity index (χ0v) is 13.4. The van der Waals surface area contributed by atoms with Crippen LogP contribution >= 0.6 is 0 Å². The summed E-state index contributed by atoms with van der Waals surface area (Å²) in [5.41, 5.74) is -0.268. The largest absolute Gasteiger partial charge is 0.305 e. The Hall–Kier alpha value is -0.630. The molecule has 20 heavy (non-hydrogen) atoms. The Bertz CT molecular complexity index is 351. The highest BCUT2D eigenvalue weighted by atomic mass is 15.2. The van der Waals surface area contributed by atoms with E-state index in [1.54, 1.807) is 0 Å². The summed E-state index contributed by atoms with van der Waals surface area (Å²) in [6.07, 6.45) is 6.84. The number of nitrogens with zero attached hydrogens (tertiary/aromatic N) is 3. The van der Waals surface area contributed by atoms with Gasteiger partial charge in [-0.25, -0.2) is 0 Å². The molecule has 3 unspecified atom stereocenters. The zero-order valence-electron chi connectivity index (χ0n) is 13.4. The van der Waals surface area contributed by atoms with Crippen LogP contribution in [0.4, 0.5) is 0 Å². The topological polar surface area (TPSA) is 42.3 Å². The SMILES string of the molecule is CCCNC1(C#N)CCC(N(C)C2CCCN(C)C2)C1. The Morgan fingerprint density at radius 3 is 2.85 bits per heavy atom. The molecule has 2 aliphatic rings. The van der Waals surface area contributed by atoms with Gasteiger partial charge in [-0.1, -0.05) is 6.92 Å². The molecule has 1 N–H and O–H groups in total. The first kappa shape index (κ1) is 15.8. The van der Waals surface area contributed by atoms with E-state index in [1.807, 2.05) is 0 Å². The first-order valence-electron chi connectivity index (χ1n) is 8.17. The second-order valence-corrected chi connectivity index (χ2v) is 6.74. The lowest BCUT2D eigenvalue weighted by Crippen LogP contribution is -2.50.